The molecule has 0 amide bonds. The maximum Gasteiger partial charge on any atom is 0.123 e. The van der Waals surface area contributed by atoms with Gasteiger partial charge >= 0.3 is 0 Å². The molecule has 3 aromatic rings. The fourth-order valence-corrected chi connectivity index (χ4v) is 5.17. The number of rotatable bonds is 3. The molecule has 0 atom stereocenters. The lowest BCUT2D eigenvalue weighted by atomic mass is 9.85. The van der Waals surface area contributed by atoms with E-state index in [4.69, 9.17) is 0 Å². The molecule has 1 fully saturated rings. The van der Waals surface area contributed by atoms with Gasteiger partial charge < -0.3 is 10.2 Å². The van der Waals surface area contributed by atoms with Gasteiger partial charge in [0.25, 0.3) is 0 Å². The van der Waals surface area contributed by atoms with Crippen molar-refractivity contribution in [2.75, 3.05) is 0 Å². The van der Waals surface area contributed by atoms with Crippen LogP contribution in [-0.2, 0) is 0 Å². The second-order valence-corrected chi connectivity index (χ2v) is 9.30. The van der Waals surface area contributed by atoms with Gasteiger partial charge in [0.15, 0.2) is 0 Å². The van der Waals surface area contributed by atoms with Gasteiger partial charge in [0.2, 0.25) is 0 Å². The van der Waals surface area contributed by atoms with Crippen LogP contribution < -0.4 is 0 Å². The Kier molecular flexibility index (Phi) is 7.87. The van der Waals surface area contributed by atoms with Gasteiger partial charge in [-0.15, -0.1) is 0 Å². The summed E-state index contributed by atoms with van der Waals surface area (Å²) in [7, 11) is 0. The minimum Gasteiger partial charge on any atom is -0.507 e. The van der Waals surface area contributed by atoms with Gasteiger partial charge in [0.1, 0.15) is 11.5 Å². The van der Waals surface area contributed by atoms with Crippen molar-refractivity contribution < 1.29 is 10.2 Å². The van der Waals surface area contributed by atoms with Crippen LogP contribution in [0.25, 0.3) is 22.3 Å². The molecule has 4 rings (SSSR count). The van der Waals surface area contributed by atoms with Crippen molar-refractivity contribution in [3.63, 3.8) is 0 Å². The Morgan fingerprint density at radius 1 is 0.469 bits per heavy atom. The van der Waals surface area contributed by atoms with Crippen LogP contribution in [0.15, 0.2) is 66.7 Å². The van der Waals surface area contributed by atoms with E-state index in [2.05, 4.69) is 12.1 Å². The Hall–Kier alpha value is -2.74. The minimum absolute atomic E-state index is 0.259. The summed E-state index contributed by atoms with van der Waals surface area (Å²) < 4.78 is 0. The quantitative estimate of drug-likeness (QED) is 0.437. The van der Waals surface area contributed by atoms with Gasteiger partial charge in [-0.3, -0.25) is 0 Å². The molecule has 2 nitrogen and oxygen atoms in total. The highest BCUT2D eigenvalue weighted by atomic mass is 16.3. The van der Waals surface area contributed by atoms with E-state index in [1.807, 2.05) is 48.5 Å². The third-order valence-corrected chi connectivity index (χ3v) is 7.01. The number of benzene rings is 3. The average Bonchev–Trinajstić information content (AvgIpc) is 2.80. The van der Waals surface area contributed by atoms with Crippen LogP contribution in [0.1, 0.15) is 82.1 Å². The van der Waals surface area contributed by atoms with Crippen molar-refractivity contribution in [3.05, 3.63) is 72.3 Å². The molecule has 0 radical (unpaired) electrons. The number of aromatic hydroxyl groups is 2. The Morgan fingerprint density at radius 3 is 1.53 bits per heavy atom. The number of para-hydroxylation sites is 1. The van der Waals surface area contributed by atoms with Gasteiger partial charge in [-0.2, -0.15) is 0 Å². The smallest absolute Gasteiger partial charge is 0.123 e. The molecule has 2 N–H and O–H groups in total. The monoisotopic (exact) mass is 428 g/mol. The van der Waals surface area contributed by atoms with E-state index in [0.717, 1.165) is 22.3 Å². The first-order chi connectivity index (χ1) is 15.7. The summed E-state index contributed by atoms with van der Waals surface area (Å²) in [5, 5.41) is 21.3. The fourth-order valence-electron chi connectivity index (χ4n) is 5.17. The van der Waals surface area contributed by atoms with Crippen molar-refractivity contribution in [2.24, 2.45) is 0 Å². The lowest BCUT2D eigenvalue weighted by Crippen LogP contribution is -2.01. The van der Waals surface area contributed by atoms with Crippen molar-refractivity contribution in [1.29, 1.82) is 0 Å². The van der Waals surface area contributed by atoms with Crippen LogP contribution in [0.3, 0.4) is 0 Å². The highest BCUT2D eigenvalue weighted by molar-refractivity contribution is 5.88. The van der Waals surface area contributed by atoms with Crippen molar-refractivity contribution in [3.8, 4) is 33.8 Å². The van der Waals surface area contributed by atoms with Crippen LogP contribution in [0.5, 0.6) is 11.5 Å². The summed E-state index contributed by atoms with van der Waals surface area (Å²) in [6.45, 7) is 0. The Labute approximate surface area is 193 Å². The topological polar surface area (TPSA) is 40.5 Å². The molecule has 2 heteroatoms. The van der Waals surface area contributed by atoms with Crippen LogP contribution >= 0.6 is 0 Å². The molecule has 3 aromatic carbocycles. The molecule has 1 saturated carbocycles. The summed E-state index contributed by atoms with van der Waals surface area (Å²) in [5.41, 5.74) is 4.88. The molecule has 0 saturated heterocycles. The van der Waals surface area contributed by atoms with E-state index in [-0.39, 0.29) is 5.75 Å². The van der Waals surface area contributed by atoms with Crippen molar-refractivity contribution >= 4 is 0 Å². The average molecular weight is 429 g/mol. The number of hydrogen-bond donors (Lipinski definition) is 2. The zero-order valence-electron chi connectivity index (χ0n) is 19.1. The van der Waals surface area contributed by atoms with E-state index in [9.17, 15) is 10.2 Å². The van der Waals surface area contributed by atoms with E-state index in [1.165, 1.54) is 76.2 Å². The summed E-state index contributed by atoms with van der Waals surface area (Å²) in [6, 6.07) is 21.7. The lowest BCUT2D eigenvalue weighted by molar-refractivity contribution is 0.464. The second-order valence-electron chi connectivity index (χ2n) is 9.30. The molecule has 1 aliphatic rings. The van der Waals surface area contributed by atoms with Gasteiger partial charge in [-0.25, -0.2) is 0 Å². The molecular formula is C30H36O2. The maximum absolute atomic E-state index is 10.8. The molecule has 0 aromatic heterocycles. The lowest BCUT2D eigenvalue weighted by Gasteiger charge is -2.20. The van der Waals surface area contributed by atoms with E-state index < -0.39 is 0 Å². The third kappa shape index (κ3) is 5.54. The van der Waals surface area contributed by atoms with Gasteiger partial charge in [0.05, 0.1) is 0 Å². The van der Waals surface area contributed by atoms with Crippen LogP contribution in [0.2, 0.25) is 0 Å². The third-order valence-electron chi connectivity index (χ3n) is 7.01. The summed E-state index contributed by atoms with van der Waals surface area (Å²) >= 11 is 0. The molecule has 0 spiro atoms. The first-order valence-electron chi connectivity index (χ1n) is 12.4. The predicted molar refractivity (Wildman–Crippen MR) is 134 cm³/mol. The number of hydrogen-bond acceptors (Lipinski definition) is 2. The molecule has 168 valence electrons. The normalized spacial score (nSPS) is 16.8. The maximum atomic E-state index is 10.8. The first kappa shape index (κ1) is 22.5. The fraction of sp³-hybridized carbons (Fsp3) is 0.400. The van der Waals surface area contributed by atoms with Crippen molar-refractivity contribution in [2.45, 2.75) is 76.5 Å². The first-order valence-corrected chi connectivity index (χ1v) is 12.4. The molecule has 0 unspecified atom stereocenters. The van der Waals surface area contributed by atoms with E-state index in [1.54, 1.807) is 6.07 Å². The van der Waals surface area contributed by atoms with Gasteiger partial charge in [-0.1, -0.05) is 106 Å². The minimum atomic E-state index is 0.259. The zero-order valence-corrected chi connectivity index (χ0v) is 19.1. The SMILES string of the molecule is Oc1ccccc1-c1ccccc1-c1cc(C2CCCCCCCCCCC2)ccc1O. The van der Waals surface area contributed by atoms with E-state index in [0.29, 0.717) is 11.7 Å². The highest BCUT2D eigenvalue weighted by Crippen LogP contribution is 2.41. The molecule has 32 heavy (non-hydrogen) atoms. The standard InChI is InChI=1S/C30H36O2/c31-29-19-13-12-18-27(29)25-16-10-11-17-26(25)28-22-24(20-21-30(28)32)23-14-8-6-4-2-1-3-5-7-9-15-23/h10-13,16-23,31-32H,1-9,14-15H2. The number of phenolic OH excluding ortho intramolecular Hbond substituents is 2. The second kappa shape index (κ2) is 11.2. The molecule has 1 aliphatic carbocycles. The summed E-state index contributed by atoms with van der Waals surface area (Å²) in [4.78, 5) is 0. The Morgan fingerprint density at radius 2 is 0.938 bits per heavy atom. The Balaban J connectivity index is 1.66. The van der Waals surface area contributed by atoms with Crippen LogP contribution in [0, 0.1) is 0 Å². The molecule has 0 aliphatic heterocycles. The molecular weight excluding hydrogens is 392 g/mol. The summed E-state index contributed by atoms with van der Waals surface area (Å²) in [5.74, 6) is 1.10. The van der Waals surface area contributed by atoms with E-state index >= 15 is 0 Å². The van der Waals surface area contributed by atoms with Crippen molar-refractivity contribution in [1.82, 2.24) is 0 Å². The molecule has 0 bridgehead atoms. The predicted octanol–water partition coefficient (Wildman–Crippen LogP) is 8.82. The van der Waals surface area contributed by atoms with Crippen LogP contribution in [-0.4, -0.2) is 10.2 Å². The van der Waals surface area contributed by atoms with Crippen LogP contribution in [0.4, 0.5) is 0 Å². The highest BCUT2D eigenvalue weighted by Gasteiger charge is 2.17. The summed E-state index contributed by atoms with van der Waals surface area (Å²) in [6.07, 6.45) is 14.6. The molecule has 0 heterocycles. The van der Waals surface area contributed by atoms with Gasteiger partial charge in [-0.05, 0) is 53.6 Å². The zero-order chi connectivity index (χ0) is 22.2. The largest absolute Gasteiger partial charge is 0.507 e. The van der Waals surface area contributed by atoms with Gasteiger partial charge in [0, 0.05) is 11.1 Å². The Bertz CT molecular complexity index is 995. The number of phenols is 2.